The average Bonchev–Trinajstić information content (AvgIpc) is 3.84. The van der Waals surface area contributed by atoms with E-state index in [1.165, 1.54) is 92.2 Å². The zero-order valence-electron chi connectivity index (χ0n) is 27.8. The van der Waals surface area contributed by atoms with Crippen molar-refractivity contribution in [2.45, 2.75) is 5.41 Å². The third-order valence-electron chi connectivity index (χ3n) is 11.1. The van der Waals surface area contributed by atoms with Crippen molar-refractivity contribution in [1.82, 2.24) is 4.57 Å². The smallest absolute Gasteiger partial charge is 0.0714 e. The van der Waals surface area contributed by atoms with Crippen molar-refractivity contribution in [2.24, 2.45) is 0 Å². The summed E-state index contributed by atoms with van der Waals surface area (Å²) in [5.74, 6) is 0. The van der Waals surface area contributed by atoms with Gasteiger partial charge in [0.05, 0.1) is 16.4 Å². The predicted octanol–water partition coefficient (Wildman–Crippen LogP) is 13.2. The Labute approximate surface area is 300 Å². The predicted molar refractivity (Wildman–Crippen MR) is 216 cm³/mol. The second-order valence-corrected chi connectivity index (χ2v) is 14.7. The Morgan fingerprint density at radius 1 is 0.392 bits per heavy atom. The molecule has 0 saturated heterocycles. The highest BCUT2D eigenvalue weighted by atomic mass is 32.1. The van der Waals surface area contributed by atoms with Crippen molar-refractivity contribution in [3.8, 4) is 27.9 Å². The number of para-hydroxylation sites is 2. The third-order valence-corrected chi connectivity index (χ3v) is 12.2. The second-order valence-electron chi connectivity index (χ2n) is 13.6. The second kappa shape index (κ2) is 10.9. The van der Waals surface area contributed by atoms with Crippen LogP contribution in [0.5, 0.6) is 0 Å². The standard InChI is InChI=1S/C49H31NS/c1-3-14-33(15-4-1)49(34-16-5-2-6-17-34)42-30-32(36-21-13-25-47-48(36)41-20-9-12-24-46(41)51-47)26-28-37(42)38-29-27-35(31-43(38)49)50-44-22-10-7-18-39(44)40-19-8-11-23-45(40)50/h1-31H. The van der Waals surface area contributed by atoms with E-state index in [9.17, 15) is 0 Å². The molecule has 0 spiro atoms. The first-order valence-corrected chi connectivity index (χ1v) is 18.4. The Kier molecular flexibility index (Phi) is 6.11. The first-order valence-electron chi connectivity index (χ1n) is 17.6. The lowest BCUT2D eigenvalue weighted by Crippen LogP contribution is -2.28. The lowest BCUT2D eigenvalue weighted by molar-refractivity contribution is 0.768. The minimum Gasteiger partial charge on any atom is -0.309 e. The molecule has 11 rings (SSSR count). The van der Waals surface area contributed by atoms with Crippen molar-refractivity contribution in [3.05, 3.63) is 210 Å². The van der Waals surface area contributed by atoms with Gasteiger partial charge < -0.3 is 4.57 Å². The molecular weight excluding hydrogens is 635 g/mol. The number of hydrogen-bond donors (Lipinski definition) is 0. The van der Waals surface area contributed by atoms with Crippen molar-refractivity contribution in [1.29, 1.82) is 0 Å². The molecule has 2 aromatic heterocycles. The highest BCUT2D eigenvalue weighted by Gasteiger charge is 2.46. The van der Waals surface area contributed by atoms with Crippen LogP contribution in [-0.2, 0) is 5.41 Å². The van der Waals surface area contributed by atoms with E-state index in [1.54, 1.807) is 0 Å². The summed E-state index contributed by atoms with van der Waals surface area (Å²) < 4.78 is 5.10. The van der Waals surface area contributed by atoms with Crippen LogP contribution < -0.4 is 0 Å². The molecule has 0 saturated carbocycles. The van der Waals surface area contributed by atoms with Crippen LogP contribution in [0.2, 0.25) is 0 Å². The summed E-state index contributed by atoms with van der Waals surface area (Å²) in [5, 5.41) is 5.21. The average molecular weight is 666 g/mol. The van der Waals surface area contributed by atoms with E-state index in [0.717, 1.165) is 0 Å². The van der Waals surface area contributed by atoms with Gasteiger partial charge in [-0.05, 0) is 87.0 Å². The number of nitrogens with zero attached hydrogens (tertiary/aromatic N) is 1. The summed E-state index contributed by atoms with van der Waals surface area (Å²) >= 11 is 1.88. The molecule has 0 radical (unpaired) electrons. The quantitative estimate of drug-likeness (QED) is 0.176. The molecule has 51 heavy (non-hydrogen) atoms. The molecule has 8 aromatic carbocycles. The zero-order chi connectivity index (χ0) is 33.5. The fourth-order valence-electron chi connectivity index (χ4n) is 9.00. The number of hydrogen-bond acceptors (Lipinski definition) is 1. The van der Waals surface area contributed by atoms with Gasteiger partial charge in [0.25, 0.3) is 0 Å². The zero-order valence-corrected chi connectivity index (χ0v) is 28.6. The molecule has 0 amide bonds. The minimum absolute atomic E-state index is 0.525. The van der Waals surface area contributed by atoms with E-state index >= 15 is 0 Å². The molecule has 1 aliphatic carbocycles. The normalized spacial score (nSPS) is 13.3. The van der Waals surface area contributed by atoms with Crippen LogP contribution in [0.3, 0.4) is 0 Å². The maximum atomic E-state index is 2.50. The molecule has 10 aromatic rings. The first-order chi connectivity index (χ1) is 25.3. The van der Waals surface area contributed by atoms with Gasteiger partial charge in [0.1, 0.15) is 0 Å². The lowest BCUT2D eigenvalue weighted by atomic mass is 9.67. The number of benzene rings is 8. The summed E-state index contributed by atoms with van der Waals surface area (Å²) in [4.78, 5) is 0. The molecular formula is C49H31NS. The van der Waals surface area contributed by atoms with Gasteiger partial charge in [-0.15, -0.1) is 11.3 Å². The van der Waals surface area contributed by atoms with Crippen LogP contribution in [0.15, 0.2) is 188 Å². The van der Waals surface area contributed by atoms with Gasteiger partial charge in [-0.3, -0.25) is 0 Å². The molecule has 0 N–H and O–H groups in total. The summed E-state index contributed by atoms with van der Waals surface area (Å²) in [6.07, 6.45) is 0. The molecule has 0 atom stereocenters. The van der Waals surface area contributed by atoms with E-state index in [0.29, 0.717) is 0 Å². The molecule has 0 fully saturated rings. The topological polar surface area (TPSA) is 4.93 Å². The molecule has 0 bridgehead atoms. The maximum Gasteiger partial charge on any atom is 0.0714 e. The van der Waals surface area contributed by atoms with Gasteiger partial charge in [0, 0.05) is 36.6 Å². The van der Waals surface area contributed by atoms with E-state index in [-0.39, 0.29) is 0 Å². The largest absolute Gasteiger partial charge is 0.309 e. The number of aromatic nitrogens is 1. The summed E-state index contributed by atoms with van der Waals surface area (Å²) in [5.41, 5.74) is 13.4. The third kappa shape index (κ3) is 3.97. The first kappa shape index (κ1) is 28.6. The van der Waals surface area contributed by atoms with Gasteiger partial charge in [-0.1, -0.05) is 146 Å². The minimum atomic E-state index is -0.525. The highest BCUT2D eigenvalue weighted by Crippen LogP contribution is 2.57. The van der Waals surface area contributed by atoms with Crippen molar-refractivity contribution < 1.29 is 0 Å². The van der Waals surface area contributed by atoms with Crippen molar-refractivity contribution in [2.75, 3.05) is 0 Å². The van der Waals surface area contributed by atoms with Crippen LogP contribution in [0.25, 0.3) is 69.9 Å². The fourth-order valence-corrected chi connectivity index (χ4v) is 10.1. The lowest BCUT2D eigenvalue weighted by Gasteiger charge is -2.34. The van der Waals surface area contributed by atoms with Gasteiger partial charge in [0.2, 0.25) is 0 Å². The molecule has 2 heterocycles. The number of fused-ring (bicyclic) bond motifs is 9. The van der Waals surface area contributed by atoms with E-state index in [1.807, 2.05) is 11.3 Å². The fraction of sp³-hybridized carbons (Fsp3) is 0.0204. The number of rotatable bonds is 4. The van der Waals surface area contributed by atoms with Gasteiger partial charge in [0.15, 0.2) is 0 Å². The van der Waals surface area contributed by atoms with Crippen LogP contribution in [0.4, 0.5) is 0 Å². The summed E-state index contributed by atoms with van der Waals surface area (Å²) in [6, 6.07) is 69.9. The highest BCUT2D eigenvalue weighted by molar-refractivity contribution is 7.25. The van der Waals surface area contributed by atoms with Gasteiger partial charge in [-0.25, -0.2) is 0 Å². The van der Waals surface area contributed by atoms with Gasteiger partial charge in [-0.2, -0.15) is 0 Å². The van der Waals surface area contributed by atoms with Crippen molar-refractivity contribution >= 4 is 53.3 Å². The van der Waals surface area contributed by atoms with Crippen LogP contribution in [-0.4, -0.2) is 4.57 Å². The SMILES string of the molecule is c1ccc(C2(c3ccccc3)c3cc(-c4cccc5sc6ccccc6c45)ccc3-c3ccc(-n4c5ccccc5c5ccccc54)cc32)cc1. The summed E-state index contributed by atoms with van der Waals surface area (Å²) in [7, 11) is 0. The van der Waals surface area contributed by atoms with E-state index in [2.05, 4.69) is 193 Å². The van der Waals surface area contributed by atoms with Crippen LogP contribution in [0.1, 0.15) is 22.3 Å². The monoisotopic (exact) mass is 665 g/mol. The Morgan fingerprint density at radius 3 is 1.63 bits per heavy atom. The number of thiophene rings is 1. The molecule has 0 aliphatic heterocycles. The Balaban J connectivity index is 1.23. The van der Waals surface area contributed by atoms with Gasteiger partial charge >= 0.3 is 0 Å². The summed E-state index contributed by atoms with van der Waals surface area (Å²) in [6.45, 7) is 0. The van der Waals surface area contributed by atoms with E-state index < -0.39 is 5.41 Å². The Morgan fingerprint density at radius 2 is 0.941 bits per heavy atom. The van der Waals surface area contributed by atoms with Crippen LogP contribution in [0, 0.1) is 0 Å². The van der Waals surface area contributed by atoms with Crippen LogP contribution >= 0.6 is 11.3 Å². The molecule has 2 heteroatoms. The Bertz CT molecular complexity index is 2870. The Hall–Kier alpha value is -6.22. The molecule has 238 valence electrons. The molecule has 1 aliphatic rings. The van der Waals surface area contributed by atoms with Crippen molar-refractivity contribution in [3.63, 3.8) is 0 Å². The maximum absolute atomic E-state index is 2.50. The molecule has 1 nitrogen and oxygen atoms in total. The molecule has 0 unspecified atom stereocenters. The van der Waals surface area contributed by atoms with E-state index in [4.69, 9.17) is 0 Å².